The maximum Gasteiger partial charge on any atom is 0.165 e. The zero-order valence-electron chi connectivity index (χ0n) is 8.18. The molecule has 1 saturated carbocycles. The summed E-state index contributed by atoms with van der Waals surface area (Å²) in [6.45, 7) is 2.22. The summed E-state index contributed by atoms with van der Waals surface area (Å²) in [5.74, 6) is 0.0231. The molecule has 0 aromatic rings. The average Bonchev–Trinajstić information content (AvgIpc) is 2.10. The minimum atomic E-state index is -0.801. The van der Waals surface area contributed by atoms with Crippen LogP contribution < -0.4 is 0 Å². The van der Waals surface area contributed by atoms with Crippen molar-refractivity contribution in [1.29, 1.82) is 0 Å². The third kappa shape index (κ3) is 2.46. The van der Waals surface area contributed by atoms with Crippen molar-refractivity contribution in [2.24, 2.45) is 5.92 Å². The molecule has 0 atom stereocenters. The third-order valence-electron chi connectivity index (χ3n) is 2.96. The zero-order chi connectivity index (χ0) is 9.03. The molecule has 1 aliphatic rings. The van der Waals surface area contributed by atoms with E-state index in [2.05, 4.69) is 6.92 Å². The SMILES string of the molecule is CCCC1CCC(O)(OC)CC1. The Balaban J connectivity index is 2.29. The summed E-state index contributed by atoms with van der Waals surface area (Å²) >= 11 is 0. The van der Waals surface area contributed by atoms with Gasteiger partial charge in [-0.15, -0.1) is 0 Å². The molecular formula is C10H20O2. The van der Waals surface area contributed by atoms with Crippen molar-refractivity contribution in [1.82, 2.24) is 0 Å². The molecule has 0 aromatic heterocycles. The topological polar surface area (TPSA) is 29.5 Å². The highest BCUT2D eigenvalue weighted by Gasteiger charge is 2.32. The van der Waals surface area contributed by atoms with Crippen LogP contribution in [-0.2, 0) is 4.74 Å². The highest BCUT2D eigenvalue weighted by Crippen LogP contribution is 2.34. The zero-order valence-corrected chi connectivity index (χ0v) is 8.18. The molecule has 1 aliphatic carbocycles. The Kier molecular flexibility index (Phi) is 3.53. The lowest BCUT2D eigenvalue weighted by atomic mass is 9.83. The molecule has 1 fully saturated rings. The summed E-state index contributed by atoms with van der Waals surface area (Å²) in [5.41, 5.74) is 0. The van der Waals surface area contributed by atoms with Crippen molar-refractivity contribution in [3.05, 3.63) is 0 Å². The quantitative estimate of drug-likeness (QED) is 0.662. The molecule has 0 bridgehead atoms. The lowest BCUT2D eigenvalue weighted by Gasteiger charge is -2.34. The van der Waals surface area contributed by atoms with Crippen molar-refractivity contribution in [3.8, 4) is 0 Å². The van der Waals surface area contributed by atoms with Crippen molar-refractivity contribution < 1.29 is 9.84 Å². The van der Waals surface area contributed by atoms with Crippen LogP contribution in [0.3, 0.4) is 0 Å². The Hall–Kier alpha value is -0.0800. The third-order valence-corrected chi connectivity index (χ3v) is 2.96. The fraction of sp³-hybridized carbons (Fsp3) is 1.00. The van der Waals surface area contributed by atoms with Gasteiger partial charge in [0.2, 0.25) is 0 Å². The first-order valence-electron chi connectivity index (χ1n) is 4.97. The summed E-state index contributed by atoms with van der Waals surface area (Å²) in [4.78, 5) is 0. The van der Waals surface area contributed by atoms with E-state index in [0.29, 0.717) is 0 Å². The van der Waals surface area contributed by atoms with Gasteiger partial charge in [-0.2, -0.15) is 0 Å². The van der Waals surface area contributed by atoms with Gasteiger partial charge >= 0.3 is 0 Å². The molecule has 0 spiro atoms. The van der Waals surface area contributed by atoms with Crippen LogP contribution in [0, 0.1) is 5.92 Å². The molecule has 2 heteroatoms. The van der Waals surface area contributed by atoms with Crippen LogP contribution in [0.15, 0.2) is 0 Å². The lowest BCUT2D eigenvalue weighted by molar-refractivity contribution is -0.208. The van der Waals surface area contributed by atoms with Crippen molar-refractivity contribution >= 4 is 0 Å². The fourth-order valence-corrected chi connectivity index (χ4v) is 2.03. The number of hydrogen-bond acceptors (Lipinski definition) is 2. The van der Waals surface area contributed by atoms with Crippen LogP contribution in [0.5, 0.6) is 0 Å². The number of aliphatic hydroxyl groups is 1. The van der Waals surface area contributed by atoms with E-state index in [0.717, 1.165) is 31.6 Å². The summed E-state index contributed by atoms with van der Waals surface area (Å²) in [7, 11) is 1.60. The van der Waals surface area contributed by atoms with Gasteiger partial charge in [0.05, 0.1) is 0 Å². The van der Waals surface area contributed by atoms with Crippen LogP contribution in [0.2, 0.25) is 0 Å². The Morgan fingerprint density at radius 1 is 1.42 bits per heavy atom. The van der Waals surface area contributed by atoms with Gasteiger partial charge in [-0.25, -0.2) is 0 Å². The van der Waals surface area contributed by atoms with Crippen LogP contribution >= 0.6 is 0 Å². The van der Waals surface area contributed by atoms with E-state index in [1.165, 1.54) is 12.8 Å². The fourth-order valence-electron chi connectivity index (χ4n) is 2.03. The molecule has 1 rings (SSSR count). The van der Waals surface area contributed by atoms with Gasteiger partial charge in [-0.3, -0.25) is 0 Å². The number of ether oxygens (including phenoxy) is 1. The minimum absolute atomic E-state index is 0.801. The predicted molar refractivity (Wildman–Crippen MR) is 48.8 cm³/mol. The second-order valence-electron chi connectivity index (χ2n) is 3.88. The molecule has 0 radical (unpaired) electrons. The second-order valence-corrected chi connectivity index (χ2v) is 3.88. The first kappa shape index (κ1) is 10.0. The summed E-state index contributed by atoms with van der Waals surface area (Å²) in [6, 6.07) is 0. The molecule has 72 valence electrons. The van der Waals surface area contributed by atoms with E-state index in [-0.39, 0.29) is 0 Å². The molecule has 1 N–H and O–H groups in total. The maximum atomic E-state index is 9.74. The Labute approximate surface area is 74.9 Å². The van der Waals surface area contributed by atoms with Crippen molar-refractivity contribution in [2.45, 2.75) is 51.2 Å². The monoisotopic (exact) mass is 172 g/mol. The second kappa shape index (κ2) is 4.24. The molecule has 0 aromatic carbocycles. The average molecular weight is 172 g/mol. The van der Waals surface area contributed by atoms with Gasteiger partial charge in [0, 0.05) is 20.0 Å². The minimum Gasteiger partial charge on any atom is -0.365 e. The highest BCUT2D eigenvalue weighted by molar-refractivity contribution is 4.77. The van der Waals surface area contributed by atoms with E-state index in [1.807, 2.05) is 0 Å². The van der Waals surface area contributed by atoms with Crippen LogP contribution in [0.1, 0.15) is 45.4 Å². The summed E-state index contributed by atoms with van der Waals surface area (Å²) in [6.07, 6.45) is 6.44. The largest absolute Gasteiger partial charge is 0.365 e. The summed E-state index contributed by atoms with van der Waals surface area (Å²) < 4.78 is 5.06. The lowest BCUT2D eigenvalue weighted by Crippen LogP contribution is -2.35. The van der Waals surface area contributed by atoms with Crippen LogP contribution in [0.4, 0.5) is 0 Å². The first-order chi connectivity index (χ1) is 5.70. The van der Waals surface area contributed by atoms with Crippen molar-refractivity contribution in [3.63, 3.8) is 0 Å². The molecule has 0 saturated heterocycles. The number of methoxy groups -OCH3 is 1. The molecule has 0 unspecified atom stereocenters. The highest BCUT2D eigenvalue weighted by atomic mass is 16.6. The van der Waals surface area contributed by atoms with Gasteiger partial charge in [-0.1, -0.05) is 19.8 Å². The van der Waals surface area contributed by atoms with Gasteiger partial charge in [0.25, 0.3) is 0 Å². The van der Waals surface area contributed by atoms with E-state index in [1.54, 1.807) is 7.11 Å². The van der Waals surface area contributed by atoms with E-state index in [9.17, 15) is 5.11 Å². The number of hydrogen-bond donors (Lipinski definition) is 1. The molecule has 12 heavy (non-hydrogen) atoms. The Morgan fingerprint density at radius 2 is 2.00 bits per heavy atom. The van der Waals surface area contributed by atoms with Crippen LogP contribution in [0.25, 0.3) is 0 Å². The maximum absolute atomic E-state index is 9.74. The molecule has 2 nitrogen and oxygen atoms in total. The van der Waals surface area contributed by atoms with Gasteiger partial charge in [0.15, 0.2) is 5.79 Å². The van der Waals surface area contributed by atoms with Gasteiger partial charge in [0.1, 0.15) is 0 Å². The number of rotatable bonds is 3. The van der Waals surface area contributed by atoms with E-state index in [4.69, 9.17) is 4.74 Å². The van der Waals surface area contributed by atoms with Gasteiger partial charge in [-0.05, 0) is 18.8 Å². The predicted octanol–water partition coefficient (Wildman–Crippen LogP) is 2.31. The first-order valence-corrected chi connectivity index (χ1v) is 4.97. The summed E-state index contributed by atoms with van der Waals surface area (Å²) in [5, 5.41) is 9.74. The normalized spacial score (nSPS) is 36.8. The van der Waals surface area contributed by atoms with Gasteiger partial charge < -0.3 is 9.84 Å². The molecular weight excluding hydrogens is 152 g/mol. The smallest absolute Gasteiger partial charge is 0.165 e. The van der Waals surface area contributed by atoms with E-state index >= 15 is 0 Å². The molecule has 0 amide bonds. The molecule has 0 heterocycles. The van der Waals surface area contributed by atoms with Crippen molar-refractivity contribution in [2.75, 3.05) is 7.11 Å². The van der Waals surface area contributed by atoms with Crippen LogP contribution in [-0.4, -0.2) is 18.0 Å². The molecule has 0 aliphatic heterocycles. The Morgan fingerprint density at radius 3 is 2.42 bits per heavy atom. The van der Waals surface area contributed by atoms with E-state index < -0.39 is 5.79 Å². The standard InChI is InChI=1S/C10H20O2/c1-3-4-9-5-7-10(11,12-2)8-6-9/h9,11H,3-8H2,1-2H3. The Bertz CT molecular complexity index is 126.